The predicted molar refractivity (Wildman–Crippen MR) is 103 cm³/mol. The number of anilines is 4. The standard InChI is InChI=1S/C19H26N6/c1-14-13-18(21-15-3-4-15)23-19(20-14)22-16-5-7-17(8-6-16)25-11-9-24(2)10-12-25/h5-8,13,15H,3-4,9-12H2,1-2H3,(H2,20,21,22,23). The first-order valence-corrected chi connectivity index (χ1v) is 9.08. The van der Waals surface area contributed by atoms with E-state index < -0.39 is 0 Å². The molecule has 0 bridgehead atoms. The molecule has 2 aliphatic rings. The predicted octanol–water partition coefficient (Wildman–Crippen LogP) is 2.85. The molecule has 1 saturated carbocycles. The monoisotopic (exact) mass is 338 g/mol. The van der Waals surface area contributed by atoms with Gasteiger partial charge in [-0.3, -0.25) is 0 Å². The Balaban J connectivity index is 1.43. The molecular weight excluding hydrogens is 312 g/mol. The van der Waals surface area contributed by atoms with Crippen LogP contribution in [0, 0.1) is 6.92 Å². The van der Waals surface area contributed by atoms with Crippen molar-refractivity contribution in [2.75, 3.05) is 48.8 Å². The number of piperazine rings is 1. The summed E-state index contributed by atoms with van der Waals surface area (Å²) in [7, 11) is 2.18. The molecule has 1 aliphatic carbocycles. The van der Waals surface area contributed by atoms with Gasteiger partial charge >= 0.3 is 0 Å². The third-order valence-electron chi connectivity index (χ3n) is 4.78. The summed E-state index contributed by atoms with van der Waals surface area (Å²) in [6.07, 6.45) is 2.47. The summed E-state index contributed by atoms with van der Waals surface area (Å²) < 4.78 is 0. The molecule has 2 N–H and O–H groups in total. The van der Waals surface area contributed by atoms with Gasteiger partial charge in [-0.1, -0.05) is 0 Å². The van der Waals surface area contributed by atoms with E-state index in [1.54, 1.807) is 0 Å². The Bertz CT molecular complexity index is 717. The average Bonchev–Trinajstić information content (AvgIpc) is 3.40. The van der Waals surface area contributed by atoms with E-state index in [9.17, 15) is 0 Å². The molecule has 25 heavy (non-hydrogen) atoms. The molecule has 6 nitrogen and oxygen atoms in total. The normalized spacial score (nSPS) is 18.2. The van der Waals surface area contributed by atoms with Gasteiger partial charge in [-0.05, 0) is 51.1 Å². The minimum absolute atomic E-state index is 0.588. The fraction of sp³-hybridized carbons (Fsp3) is 0.474. The second-order valence-electron chi connectivity index (χ2n) is 7.10. The first-order valence-electron chi connectivity index (χ1n) is 9.08. The van der Waals surface area contributed by atoms with Crippen LogP contribution in [0.15, 0.2) is 30.3 Å². The fourth-order valence-electron chi connectivity index (χ4n) is 3.08. The summed E-state index contributed by atoms with van der Waals surface area (Å²) in [4.78, 5) is 13.9. The molecule has 0 amide bonds. The van der Waals surface area contributed by atoms with Crippen LogP contribution in [0.1, 0.15) is 18.5 Å². The summed E-state index contributed by atoms with van der Waals surface area (Å²) in [6.45, 7) is 6.41. The van der Waals surface area contributed by atoms with Crippen LogP contribution in [0.4, 0.5) is 23.1 Å². The molecule has 1 saturated heterocycles. The number of aryl methyl sites for hydroxylation is 1. The van der Waals surface area contributed by atoms with E-state index in [2.05, 4.69) is 61.7 Å². The highest BCUT2D eigenvalue weighted by atomic mass is 15.2. The van der Waals surface area contributed by atoms with Crippen LogP contribution in [0.2, 0.25) is 0 Å². The zero-order valence-electron chi connectivity index (χ0n) is 15.0. The minimum Gasteiger partial charge on any atom is -0.369 e. The van der Waals surface area contributed by atoms with E-state index in [1.807, 2.05) is 13.0 Å². The van der Waals surface area contributed by atoms with E-state index in [-0.39, 0.29) is 0 Å². The lowest BCUT2D eigenvalue weighted by Crippen LogP contribution is -2.44. The molecule has 2 fully saturated rings. The van der Waals surface area contributed by atoms with Gasteiger partial charge in [0, 0.05) is 55.4 Å². The molecule has 0 unspecified atom stereocenters. The summed E-state index contributed by atoms with van der Waals surface area (Å²) in [5.74, 6) is 1.56. The number of nitrogens with zero attached hydrogens (tertiary/aromatic N) is 4. The Hall–Kier alpha value is -2.34. The van der Waals surface area contributed by atoms with Crippen molar-refractivity contribution in [2.24, 2.45) is 0 Å². The lowest BCUT2D eigenvalue weighted by Gasteiger charge is -2.34. The first kappa shape index (κ1) is 16.1. The van der Waals surface area contributed by atoms with Crippen molar-refractivity contribution in [3.05, 3.63) is 36.0 Å². The van der Waals surface area contributed by atoms with Gasteiger partial charge in [-0.15, -0.1) is 0 Å². The smallest absolute Gasteiger partial charge is 0.229 e. The second kappa shape index (κ2) is 6.88. The highest BCUT2D eigenvalue weighted by Crippen LogP contribution is 2.25. The maximum Gasteiger partial charge on any atom is 0.229 e. The summed E-state index contributed by atoms with van der Waals surface area (Å²) in [5, 5.41) is 6.76. The largest absolute Gasteiger partial charge is 0.369 e. The Morgan fingerprint density at radius 3 is 2.40 bits per heavy atom. The third-order valence-corrected chi connectivity index (χ3v) is 4.78. The quantitative estimate of drug-likeness (QED) is 0.874. The number of hydrogen-bond donors (Lipinski definition) is 2. The molecule has 2 heterocycles. The number of benzene rings is 1. The van der Waals surface area contributed by atoms with Crippen LogP contribution < -0.4 is 15.5 Å². The maximum absolute atomic E-state index is 4.58. The number of rotatable bonds is 5. The highest BCUT2D eigenvalue weighted by molar-refractivity contribution is 5.60. The third kappa shape index (κ3) is 4.20. The van der Waals surface area contributed by atoms with E-state index in [0.29, 0.717) is 12.0 Å². The van der Waals surface area contributed by atoms with Gasteiger partial charge in [0.2, 0.25) is 5.95 Å². The molecule has 0 atom stereocenters. The molecule has 1 aromatic heterocycles. The van der Waals surface area contributed by atoms with E-state index in [1.165, 1.54) is 18.5 Å². The molecule has 4 rings (SSSR count). The van der Waals surface area contributed by atoms with Gasteiger partial charge in [-0.2, -0.15) is 4.98 Å². The van der Waals surface area contributed by atoms with Crippen LogP contribution in [-0.4, -0.2) is 54.1 Å². The van der Waals surface area contributed by atoms with Crippen molar-refractivity contribution in [3.63, 3.8) is 0 Å². The number of nitrogens with one attached hydrogen (secondary N) is 2. The number of hydrogen-bond acceptors (Lipinski definition) is 6. The zero-order valence-corrected chi connectivity index (χ0v) is 15.0. The average molecular weight is 338 g/mol. The van der Waals surface area contributed by atoms with Crippen molar-refractivity contribution < 1.29 is 0 Å². The Labute approximate surface area is 149 Å². The van der Waals surface area contributed by atoms with Gasteiger partial charge in [0.25, 0.3) is 0 Å². The fourth-order valence-corrected chi connectivity index (χ4v) is 3.08. The van der Waals surface area contributed by atoms with Crippen molar-refractivity contribution >= 4 is 23.1 Å². The molecule has 6 heteroatoms. The number of aromatic nitrogens is 2. The van der Waals surface area contributed by atoms with Gasteiger partial charge in [-0.25, -0.2) is 4.98 Å². The van der Waals surface area contributed by atoms with Gasteiger partial charge in [0.15, 0.2) is 0 Å². The molecular formula is C19H26N6. The van der Waals surface area contributed by atoms with E-state index >= 15 is 0 Å². The molecule has 2 aromatic rings. The Morgan fingerprint density at radius 2 is 1.72 bits per heavy atom. The van der Waals surface area contributed by atoms with Crippen LogP contribution >= 0.6 is 0 Å². The van der Waals surface area contributed by atoms with Crippen LogP contribution in [0.3, 0.4) is 0 Å². The SMILES string of the molecule is Cc1cc(NC2CC2)nc(Nc2ccc(N3CCN(C)CC3)cc2)n1. The van der Waals surface area contributed by atoms with Gasteiger partial charge in [0.05, 0.1) is 0 Å². The second-order valence-corrected chi connectivity index (χ2v) is 7.10. The Kier molecular flexibility index (Phi) is 4.44. The van der Waals surface area contributed by atoms with Crippen molar-refractivity contribution in [2.45, 2.75) is 25.8 Å². The maximum atomic E-state index is 4.58. The topological polar surface area (TPSA) is 56.3 Å². The van der Waals surface area contributed by atoms with Crippen molar-refractivity contribution in [1.29, 1.82) is 0 Å². The molecule has 0 radical (unpaired) electrons. The van der Waals surface area contributed by atoms with Gasteiger partial charge in [0.1, 0.15) is 5.82 Å². The molecule has 1 aromatic carbocycles. The first-order chi connectivity index (χ1) is 12.2. The lowest BCUT2D eigenvalue weighted by molar-refractivity contribution is 0.313. The summed E-state index contributed by atoms with van der Waals surface area (Å²) in [5.41, 5.74) is 3.26. The summed E-state index contributed by atoms with van der Waals surface area (Å²) >= 11 is 0. The molecule has 132 valence electrons. The Morgan fingerprint density at radius 1 is 1.00 bits per heavy atom. The highest BCUT2D eigenvalue weighted by Gasteiger charge is 2.21. The van der Waals surface area contributed by atoms with Crippen LogP contribution in [-0.2, 0) is 0 Å². The lowest BCUT2D eigenvalue weighted by atomic mass is 10.2. The number of likely N-dealkylation sites (N-methyl/N-ethyl adjacent to an activating group) is 1. The minimum atomic E-state index is 0.588. The van der Waals surface area contributed by atoms with E-state index in [0.717, 1.165) is 43.4 Å². The molecule has 0 spiro atoms. The summed E-state index contributed by atoms with van der Waals surface area (Å²) in [6, 6.07) is 11.1. The van der Waals surface area contributed by atoms with Crippen molar-refractivity contribution in [1.82, 2.24) is 14.9 Å². The zero-order chi connectivity index (χ0) is 17.2. The van der Waals surface area contributed by atoms with Crippen molar-refractivity contribution in [3.8, 4) is 0 Å². The molecule has 1 aliphatic heterocycles. The van der Waals surface area contributed by atoms with Crippen LogP contribution in [0.25, 0.3) is 0 Å². The van der Waals surface area contributed by atoms with Gasteiger partial charge < -0.3 is 20.4 Å². The van der Waals surface area contributed by atoms with Crippen LogP contribution in [0.5, 0.6) is 0 Å². The van der Waals surface area contributed by atoms with E-state index in [4.69, 9.17) is 0 Å².